The molecule has 0 bridgehead atoms. The standard InChI is InChI=1S/C100H68N2/c1-101-91-59-21-19-57-89(91)99(67-35-7-3-8-36-67,68-37-9-4-10-38-68)97-83(55-29-61-93(97)101)77-49-27-53-81-87(77)64-88-78(84-56-30-62-94-98(84)100(69-39-11-5-12-40-69,70-41-13-6-14-42-70)90-58-20-22-60-92(90)102(94)2)50-28-54-82(88)96(81)95-79-51-25-47-75(73-45-23-33-65-31-15-17-43-71(65)73)85(79)63-86-76(48-26-52-80(86)95)74-46-24-34-66-32-16-18-44-72(66)74/h3-64H,1-2H3. The molecule has 18 aromatic rings. The lowest BCUT2D eigenvalue weighted by molar-refractivity contribution is 0.729. The van der Waals surface area contributed by atoms with E-state index in [1.54, 1.807) is 0 Å². The van der Waals surface area contributed by atoms with Gasteiger partial charge in [0.25, 0.3) is 0 Å². The summed E-state index contributed by atoms with van der Waals surface area (Å²) < 4.78 is 0. The van der Waals surface area contributed by atoms with Gasteiger partial charge in [0.15, 0.2) is 0 Å². The maximum absolute atomic E-state index is 2.59. The molecule has 0 unspecified atom stereocenters. The average Bonchev–Trinajstić information content (AvgIpc) is 0.698. The highest BCUT2D eigenvalue weighted by Crippen LogP contribution is 2.62. The zero-order valence-corrected chi connectivity index (χ0v) is 56.7. The molecule has 0 atom stereocenters. The van der Waals surface area contributed by atoms with Crippen molar-refractivity contribution in [1.82, 2.24) is 0 Å². The number of rotatable bonds is 9. The summed E-state index contributed by atoms with van der Waals surface area (Å²) in [6.07, 6.45) is 0. The summed E-state index contributed by atoms with van der Waals surface area (Å²) in [6, 6.07) is 142. The van der Waals surface area contributed by atoms with Gasteiger partial charge in [0.05, 0.1) is 10.8 Å². The van der Waals surface area contributed by atoms with E-state index in [0.29, 0.717) is 0 Å². The molecule has 0 N–H and O–H groups in total. The van der Waals surface area contributed by atoms with Crippen molar-refractivity contribution in [2.24, 2.45) is 0 Å². The molecule has 0 spiro atoms. The molecule has 2 aliphatic rings. The molecular formula is C100H68N2. The SMILES string of the molecule is CN1c2ccccc2C(c2ccccc2)(c2ccccc2)c2c(-c3cccc4c(-c5c6cccc(-c7cccc8ccccc78)c6cc6c(-c7cccc8ccccc78)cccc56)c5cccc(-c6cccc7c6C(c6ccccc6)(c6ccccc6)c6ccccc6N7C)c5cc34)cccc21. The summed E-state index contributed by atoms with van der Waals surface area (Å²) in [4.78, 5) is 4.87. The lowest BCUT2D eigenvalue weighted by atomic mass is 9.60. The first-order chi connectivity index (χ1) is 50.5. The normalized spacial score (nSPS) is 13.5. The molecule has 2 aliphatic heterocycles. The van der Waals surface area contributed by atoms with Gasteiger partial charge in [0, 0.05) is 48.0 Å². The molecule has 20 rings (SSSR count). The van der Waals surface area contributed by atoms with E-state index >= 15 is 0 Å². The first-order valence-electron chi connectivity index (χ1n) is 35.6. The molecular weight excluding hydrogens is 1230 g/mol. The van der Waals surface area contributed by atoms with Gasteiger partial charge in [-0.1, -0.05) is 340 Å². The molecule has 0 aliphatic carbocycles. The molecule has 0 radical (unpaired) electrons. The Bertz CT molecular complexity index is 5940. The molecule has 0 fully saturated rings. The van der Waals surface area contributed by atoms with Crippen molar-refractivity contribution in [3.8, 4) is 55.6 Å². The first-order valence-corrected chi connectivity index (χ1v) is 35.6. The van der Waals surface area contributed by atoms with Gasteiger partial charge in [0.1, 0.15) is 0 Å². The first kappa shape index (κ1) is 59.2. The summed E-state index contributed by atoms with van der Waals surface area (Å²) in [5.41, 5.74) is 24.9. The molecule has 18 aromatic carbocycles. The van der Waals surface area contributed by atoms with Crippen molar-refractivity contribution in [2.45, 2.75) is 10.8 Å². The highest BCUT2D eigenvalue weighted by molar-refractivity contribution is 6.29. The van der Waals surface area contributed by atoms with E-state index in [9.17, 15) is 0 Å². The minimum atomic E-state index is -0.740. The maximum Gasteiger partial charge on any atom is 0.0748 e. The molecule has 2 heteroatoms. The van der Waals surface area contributed by atoms with Crippen LogP contribution in [0.25, 0.3) is 120 Å². The highest BCUT2D eigenvalue weighted by atomic mass is 15.1. The van der Waals surface area contributed by atoms with E-state index < -0.39 is 10.8 Å². The molecule has 2 heterocycles. The number of hydrogen-bond acceptors (Lipinski definition) is 2. The fourth-order valence-electron chi connectivity index (χ4n) is 18.6. The Kier molecular flexibility index (Phi) is 13.6. The Hall–Kier alpha value is -12.9. The second-order valence-electron chi connectivity index (χ2n) is 27.7. The van der Waals surface area contributed by atoms with E-state index in [1.165, 1.54) is 165 Å². The predicted octanol–water partition coefficient (Wildman–Crippen LogP) is 25.9. The molecule has 0 saturated heterocycles. The molecule has 2 nitrogen and oxygen atoms in total. The van der Waals surface area contributed by atoms with Crippen LogP contribution in [0, 0.1) is 0 Å². The Morgan fingerprint density at radius 2 is 0.422 bits per heavy atom. The van der Waals surface area contributed by atoms with E-state index in [4.69, 9.17) is 0 Å². The Morgan fingerprint density at radius 3 is 0.775 bits per heavy atom. The van der Waals surface area contributed by atoms with Crippen molar-refractivity contribution in [1.29, 1.82) is 0 Å². The monoisotopic (exact) mass is 1300 g/mol. The molecule has 0 amide bonds. The van der Waals surface area contributed by atoms with E-state index in [1.807, 2.05) is 0 Å². The summed E-state index contributed by atoms with van der Waals surface area (Å²) in [5.74, 6) is 0. The van der Waals surface area contributed by atoms with E-state index in [-0.39, 0.29) is 0 Å². The molecule has 478 valence electrons. The van der Waals surface area contributed by atoms with Crippen LogP contribution in [0.4, 0.5) is 22.7 Å². The zero-order valence-electron chi connectivity index (χ0n) is 56.7. The van der Waals surface area contributed by atoms with Crippen LogP contribution in [0.1, 0.15) is 44.5 Å². The van der Waals surface area contributed by atoms with Gasteiger partial charge >= 0.3 is 0 Å². The lowest BCUT2D eigenvalue weighted by Gasteiger charge is -2.46. The number of benzene rings is 18. The molecule has 0 aromatic heterocycles. The van der Waals surface area contributed by atoms with Crippen LogP contribution in [0.5, 0.6) is 0 Å². The van der Waals surface area contributed by atoms with Crippen molar-refractivity contribution >= 4 is 87.4 Å². The van der Waals surface area contributed by atoms with Crippen LogP contribution in [0.2, 0.25) is 0 Å². The third-order valence-corrected chi connectivity index (χ3v) is 22.8. The third-order valence-electron chi connectivity index (χ3n) is 22.8. The minimum Gasteiger partial charge on any atom is -0.344 e. The van der Waals surface area contributed by atoms with Crippen LogP contribution in [0.3, 0.4) is 0 Å². The number of hydrogen-bond donors (Lipinski definition) is 0. The van der Waals surface area contributed by atoms with E-state index in [2.05, 4.69) is 400 Å². The van der Waals surface area contributed by atoms with Gasteiger partial charge < -0.3 is 9.80 Å². The fourth-order valence-corrected chi connectivity index (χ4v) is 18.6. The quantitative estimate of drug-likeness (QED) is 0.133. The summed E-state index contributed by atoms with van der Waals surface area (Å²) in [6.45, 7) is 0. The molecule has 0 saturated carbocycles. The van der Waals surface area contributed by atoms with Gasteiger partial charge in [-0.15, -0.1) is 0 Å². The zero-order chi connectivity index (χ0) is 67.6. The van der Waals surface area contributed by atoms with Gasteiger partial charge in [0.2, 0.25) is 0 Å². The molecule has 102 heavy (non-hydrogen) atoms. The minimum absolute atomic E-state index is 0.740. The van der Waals surface area contributed by atoms with Crippen LogP contribution in [-0.2, 0) is 10.8 Å². The Balaban J connectivity index is 0.981. The van der Waals surface area contributed by atoms with Crippen molar-refractivity contribution in [2.75, 3.05) is 23.9 Å². The predicted molar refractivity (Wildman–Crippen MR) is 431 cm³/mol. The number of para-hydroxylation sites is 2. The number of nitrogens with zero attached hydrogens (tertiary/aromatic N) is 2. The number of fused-ring (bicyclic) bond motifs is 10. The smallest absolute Gasteiger partial charge is 0.0748 e. The van der Waals surface area contributed by atoms with Gasteiger partial charge in [-0.2, -0.15) is 0 Å². The fraction of sp³-hybridized carbons (Fsp3) is 0.0400. The van der Waals surface area contributed by atoms with Crippen molar-refractivity contribution < 1.29 is 0 Å². The van der Waals surface area contributed by atoms with Gasteiger partial charge in [-0.3, -0.25) is 0 Å². The van der Waals surface area contributed by atoms with Crippen LogP contribution in [0.15, 0.2) is 376 Å². The topological polar surface area (TPSA) is 6.48 Å². The average molecular weight is 1300 g/mol. The largest absolute Gasteiger partial charge is 0.344 e. The summed E-state index contributed by atoms with van der Waals surface area (Å²) >= 11 is 0. The van der Waals surface area contributed by atoms with Crippen LogP contribution < -0.4 is 9.80 Å². The van der Waals surface area contributed by atoms with Crippen molar-refractivity contribution in [3.05, 3.63) is 421 Å². The van der Waals surface area contributed by atoms with Crippen molar-refractivity contribution in [3.63, 3.8) is 0 Å². The van der Waals surface area contributed by atoms with Gasteiger partial charge in [-0.05, 0) is 190 Å². The summed E-state index contributed by atoms with van der Waals surface area (Å²) in [5, 5.41) is 14.4. The number of anilines is 4. The van der Waals surface area contributed by atoms with E-state index in [0.717, 1.165) is 22.5 Å². The maximum atomic E-state index is 2.59. The second-order valence-corrected chi connectivity index (χ2v) is 27.7. The third kappa shape index (κ3) is 8.54. The lowest BCUT2D eigenvalue weighted by Crippen LogP contribution is -2.38. The van der Waals surface area contributed by atoms with Gasteiger partial charge in [-0.25, -0.2) is 0 Å². The Labute approximate surface area is 594 Å². The second kappa shape index (κ2) is 23.4. The Morgan fingerprint density at radius 1 is 0.186 bits per heavy atom. The van der Waals surface area contributed by atoms with Crippen LogP contribution in [-0.4, -0.2) is 14.1 Å². The summed E-state index contributed by atoms with van der Waals surface area (Å²) in [7, 11) is 4.52. The highest BCUT2D eigenvalue weighted by Gasteiger charge is 2.49. The van der Waals surface area contributed by atoms with Crippen LogP contribution >= 0.6 is 0 Å².